The Balaban J connectivity index is 2.19. The highest BCUT2D eigenvalue weighted by atomic mass is 35.5. The standard InChI is InChI=1S/C16H16Cl3NO2/c1-3-22-16-13(19)6-10(7-15(16)21-2)9-20-14-8-11(17)4-5-12(14)18/h4-8,20H,3,9H2,1-2H3. The number of hydrogen-bond acceptors (Lipinski definition) is 3. The Morgan fingerprint density at radius 3 is 2.50 bits per heavy atom. The molecule has 0 bridgehead atoms. The van der Waals surface area contributed by atoms with Crippen LogP contribution in [0.2, 0.25) is 15.1 Å². The quantitative estimate of drug-likeness (QED) is 0.720. The predicted molar refractivity (Wildman–Crippen MR) is 93.0 cm³/mol. The van der Waals surface area contributed by atoms with Crippen molar-refractivity contribution in [2.45, 2.75) is 13.5 Å². The maximum absolute atomic E-state index is 6.25. The summed E-state index contributed by atoms with van der Waals surface area (Å²) in [6.07, 6.45) is 0. The van der Waals surface area contributed by atoms with E-state index in [9.17, 15) is 0 Å². The second kappa shape index (κ2) is 7.82. The molecule has 22 heavy (non-hydrogen) atoms. The first-order valence-electron chi connectivity index (χ1n) is 6.73. The number of ether oxygens (including phenoxy) is 2. The van der Waals surface area contributed by atoms with Crippen molar-refractivity contribution in [3.8, 4) is 11.5 Å². The van der Waals surface area contributed by atoms with Gasteiger partial charge in [-0.3, -0.25) is 0 Å². The molecule has 0 heterocycles. The van der Waals surface area contributed by atoms with E-state index in [4.69, 9.17) is 44.3 Å². The lowest BCUT2D eigenvalue weighted by atomic mass is 10.2. The molecule has 118 valence electrons. The van der Waals surface area contributed by atoms with Gasteiger partial charge in [-0.25, -0.2) is 0 Å². The van der Waals surface area contributed by atoms with Crippen LogP contribution in [-0.4, -0.2) is 13.7 Å². The SMILES string of the molecule is CCOc1c(Cl)cc(CNc2cc(Cl)ccc2Cl)cc1OC. The van der Waals surface area contributed by atoms with Gasteiger partial charge in [0.1, 0.15) is 0 Å². The minimum Gasteiger partial charge on any atom is -0.493 e. The van der Waals surface area contributed by atoms with Gasteiger partial charge in [-0.1, -0.05) is 34.8 Å². The fourth-order valence-corrected chi connectivity index (χ4v) is 2.63. The van der Waals surface area contributed by atoms with E-state index in [1.54, 1.807) is 25.3 Å². The Morgan fingerprint density at radius 1 is 1.05 bits per heavy atom. The molecule has 2 aromatic carbocycles. The maximum atomic E-state index is 6.25. The van der Waals surface area contributed by atoms with Crippen molar-refractivity contribution in [2.24, 2.45) is 0 Å². The van der Waals surface area contributed by atoms with Crippen LogP contribution < -0.4 is 14.8 Å². The van der Waals surface area contributed by atoms with Crippen LogP contribution in [0.4, 0.5) is 5.69 Å². The number of halogens is 3. The number of anilines is 1. The van der Waals surface area contributed by atoms with E-state index in [1.165, 1.54) is 0 Å². The zero-order chi connectivity index (χ0) is 16.1. The van der Waals surface area contributed by atoms with Gasteiger partial charge < -0.3 is 14.8 Å². The van der Waals surface area contributed by atoms with E-state index in [2.05, 4.69) is 5.32 Å². The third kappa shape index (κ3) is 4.13. The molecular weight excluding hydrogens is 345 g/mol. The van der Waals surface area contributed by atoms with Gasteiger partial charge >= 0.3 is 0 Å². The summed E-state index contributed by atoms with van der Waals surface area (Å²) >= 11 is 18.3. The molecule has 0 amide bonds. The minimum atomic E-state index is 0.509. The summed E-state index contributed by atoms with van der Waals surface area (Å²) in [5.74, 6) is 1.15. The van der Waals surface area contributed by atoms with E-state index in [0.717, 1.165) is 11.3 Å². The van der Waals surface area contributed by atoms with Crippen LogP contribution in [0.5, 0.6) is 11.5 Å². The molecule has 0 radical (unpaired) electrons. The third-order valence-corrected chi connectivity index (χ3v) is 3.83. The molecule has 0 aliphatic rings. The van der Waals surface area contributed by atoms with E-state index in [1.807, 2.05) is 19.1 Å². The summed E-state index contributed by atoms with van der Waals surface area (Å²) in [6, 6.07) is 8.98. The molecule has 2 rings (SSSR count). The molecule has 2 aromatic rings. The van der Waals surface area contributed by atoms with Crippen LogP contribution in [-0.2, 0) is 6.54 Å². The second-order valence-electron chi connectivity index (χ2n) is 4.52. The van der Waals surface area contributed by atoms with Crippen LogP contribution in [0, 0.1) is 0 Å². The second-order valence-corrected chi connectivity index (χ2v) is 5.77. The van der Waals surface area contributed by atoms with Crippen molar-refractivity contribution in [1.29, 1.82) is 0 Å². The predicted octanol–water partition coefficient (Wildman–Crippen LogP) is 5.67. The number of nitrogens with one attached hydrogen (secondary N) is 1. The lowest BCUT2D eigenvalue weighted by molar-refractivity contribution is 0.311. The van der Waals surface area contributed by atoms with Crippen molar-refractivity contribution < 1.29 is 9.47 Å². The number of hydrogen-bond donors (Lipinski definition) is 1. The Morgan fingerprint density at radius 2 is 1.82 bits per heavy atom. The van der Waals surface area contributed by atoms with Crippen molar-refractivity contribution in [3.63, 3.8) is 0 Å². The Labute approximate surface area is 145 Å². The number of benzene rings is 2. The van der Waals surface area contributed by atoms with Crippen molar-refractivity contribution >= 4 is 40.5 Å². The van der Waals surface area contributed by atoms with Crippen LogP contribution in [0.15, 0.2) is 30.3 Å². The summed E-state index contributed by atoms with van der Waals surface area (Å²) in [5.41, 5.74) is 1.71. The molecule has 0 fully saturated rings. The van der Waals surface area contributed by atoms with E-state index < -0.39 is 0 Å². The number of rotatable bonds is 6. The largest absolute Gasteiger partial charge is 0.493 e. The molecular formula is C16H16Cl3NO2. The van der Waals surface area contributed by atoms with Crippen molar-refractivity contribution in [2.75, 3.05) is 19.0 Å². The first-order valence-corrected chi connectivity index (χ1v) is 7.86. The minimum absolute atomic E-state index is 0.509. The van der Waals surface area contributed by atoms with Gasteiger partial charge in [0.15, 0.2) is 11.5 Å². The highest BCUT2D eigenvalue weighted by Gasteiger charge is 2.12. The van der Waals surface area contributed by atoms with Gasteiger partial charge in [0.05, 0.1) is 29.4 Å². The van der Waals surface area contributed by atoms with Crippen molar-refractivity contribution in [1.82, 2.24) is 0 Å². The van der Waals surface area contributed by atoms with E-state index in [0.29, 0.717) is 39.7 Å². The molecule has 0 aromatic heterocycles. The molecule has 0 atom stereocenters. The average Bonchev–Trinajstić information content (AvgIpc) is 2.50. The zero-order valence-electron chi connectivity index (χ0n) is 12.3. The van der Waals surface area contributed by atoms with E-state index in [-0.39, 0.29) is 0 Å². The zero-order valence-corrected chi connectivity index (χ0v) is 14.5. The lowest BCUT2D eigenvalue weighted by Crippen LogP contribution is -2.02. The first-order chi connectivity index (χ1) is 10.5. The summed E-state index contributed by atoms with van der Waals surface area (Å²) in [6.45, 7) is 2.95. The topological polar surface area (TPSA) is 30.5 Å². The summed E-state index contributed by atoms with van der Waals surface area (Å²) in [4.78, 5) is 0. The molecule has 1 N–H and O–H groups in total. The molecule has 0 aliphatic heterocycles. The van der Waals surface area contributed by atoms with Gasteiger partial charge in [-0.05, 0) is 42.8 Å². The van der Waals surface area contributed by atoms with Crippen LogP contribution >= 0.6 is 34.8 Å². The van der Waals surface area contributed by atoms with E-state index >= 15 is 0 Å². The molecule has 0 spiro atoms. The molecule has 0 saturated heterocycles. The lowest BCUT2D eigenvalue weighted by Gasteiger charge is -2.14. The highest BCUT2D eigenvalue weighted by molar-refractivity contribution is 6.35. The van der Waals surface area contributed by atoms with Crippen LogP contribution in [0.25, 0.3) is 0 Å². The van der Waals surface area contributed by atoms with Crippen LogP contribution in [0.1, 0.15) is 12.5 Å². The number of methoxy groups -OCH3 is 1. The Kier molecular flexibility index (Phi) is 6.07. The fraction of sp³-hybridized carbons (Fsp3) is 0.250. The van der Waals surface area contributed by atoms with Gasteiger partial charge in [0.2, 0.25) is 0 Å². The summed E-state index contributed by atoms with van der Waals surface area (Å²) in [5, 5.41) is 4.96. The fourth-order valence-electron chi connectivity index (χ4n) is 1.99. The monoisotopic (exact) mass is 359 g/mol. The highest BCUT2D eigenvalue weighted by Crippen LogP contribution is 2.36. The van der Waals surface area contributed by atoms with Gasteiger partial charge in [0, 0.05) is 11.6 Å². The molecule has 0 aliphatic carbocycles. The molecule has 0 saturated carbocycles. The molecule has 6 heteroatoms. The Bertz CT molecular complexity index is 662. The summed E-state index contributed by atoms with van der Waals surface area (Å²) in [7, 11) is 1.58. The smallest absolute Gasteiger partial charge is 0.179 e. The maximum Gasteiger partial charge on any atom is 0.179 e. The first kappa shape index (κ1) is 17.1. The third-order valence-electron chi connectivity index (χ3n) is 2.99. The Hall–Kier alpha value is -1.29. The average molecular weight is 361 g/mol. The van der Waals surface area contributed by atoms with Gasteiger partial charge in [-0.2, -0.15) is 0 Å². The molecule has 0 unspecified atom stereocenters. The van der Waals surface area contributed by atoms with Crippen LogP contribution in [0.3, 0.4) is 0 Å². The normalized spacial score (nSPS) is 10.4. The molecule has 3 nitrogen and oxygen atoms in total. The van der Waals surface area contributed by atoms with Crippen molar-refractivity contribution in [3.05, 3.63) is 51.0 Å². The van der Waals surface area contributed by atoms with Gasteiger partial charge in [0.25, 0.3) is 0 Å². The van der Waals surface area contributed by atoms with Gasteiger partial charge in [-0.15, -0.1) is 0 Å². The summed E-state index contributed by atoms with van der Waals surface area (Å²) < 4.78 is 10.8.